The van der Waals surface area contributed by atoms with Crippen LogP contribution in [-0.2, 0) is 4.79 Å². The number of benzene rings is 1. The molecule has 1 aromatic heterocycles. The lowest BCUT2D eigenvalue weighted by Crippen LogP contribution is -2.51. The Morgan fingerprint density at radius 3 is 2.71 bits per heavy atom. The third-order valence-corrected chi connectivity index (χ3v) is 8.04. The van der Waals surface area contributed by atoms with Crippen LogP contribution in [0.25, 0.3) is 0 Å². The van der Waals surface area contributed by atoms with Gasteiger partial charge in [0.05, 0.1) is 10.0 Å². The number of nitrogens with zero attached hydrogens (tertiary/aromatic N) is 2. The highest BCUT2D eigenvalue weighted by Gasteiger charge is 2.37. The van der Waals surface area contributed by atoms with Crippen molar-refractivity contribution in [3.63, 3.8) is 0 Å². The van der Waals surface area contributed by atoms with Crippen molar-refractivity contribution in [1.82, 2.24) is 15.2 Å². The zero-order chi connectivity index (χ0) is 24.8. The van der Waals surface area contributed by atoms with Crippen LogP contribution < -0.4 is 10.1 Å². The van der Waals surface area contributed by atoms with Gasteiger partial charge in [0.1, 0.15) is 11.4 Å². The van der Waals surface area contributed by atoms with Crippen LogP contribution in [0.4, 0.5) is 0 Å². The van der Waals surface area contributed by atoms with Crippen LogP contribution in [0, 0.1) is 0 Å². The molecule has 8 heteroatoms. The second-order valence-electron chi connectivity index (χ2n) is 9.79. The second kappa shape index (κ2) is 11.6. The largest absolute Gasteiger partial charge is 0.476 e. The first kappa shape index (κ1) is 25.7. The molecule has 0 atom stereocenters. The van der Waals surface area contributed by atoms with E-state index < -0.39 is 5.60 Å². The molecule has 35 heavy (non-hydrogen) atoms. The average Bonchev–Trinajstić information content (AvgIpc) is 3.36. The van der Waals surface area contributed by atoms with Crippen molar-refractivity contribution >= 4 is 34.8 Å². The van der Waals surface area contributed by atoms with Crippen molar-refractivity contribution in [2.75, 3.05) is 19.6 Å². The molecule has 2 heterocycles. The van der Waals surface area contributed by atoms with E-state index in [0.717, 1.165) is 37.1 Å². The summed E-state index contributed by atoms with van der Waals surface area (Å²) in [5, 5.41) is 6.33. The smallest absolute Gasteiger partial charge is 0.270 e. The van der Waals surface area contributed by atoms with Crippen LogP contribution in [0.2, 0.25) is 5.02 Å². The Morgan fingerprint density at radius 2 is 2.00 bits per heavy atom. The Bertz CT molecular complexity index is 1070. The molecule has 1 aliphatic heterocycles. The predicted octanol–water partition coefficient (Wildman–Crippen LogP) is 5.98. The molecule has 1 N–H and O–H groups in total. The number of hydrogen-bond donors (Lipinski definition) is 1. The van der Waals surface area contributed by atoms with Crippen LogP contribution in [0.5, 0.6) is 5.75 Å². The maximum absolute atomic E-state index is 13.2. The van der Waals surface area contributed by atoms with Crippen molar-refractivity contribution in [3.05, 3.63) is 57.0 Å². The van der Waals surface area contributed by atoms with Gasteiger partial charge in [0.2, 0.25) is 0 Å². The van der Waals surface area contributed by atoms with E-state index in [4.69, 9.17) is 16.3 Å². The number of thiazole rings is 1. The summed E-state index contributed by atoms with van der Waals surface area (Å²) in [7, 11) is 0. The molecule has 1 fully saturated rings. The molecular formula is C27H34ClN3O3S. The number of piperidine rings is 1. The van der Waals surface area contributed by atoms with E-state index in [1.807, 2.05) is 22.4 Å². The lowest BCUT2D eigenvalue weighted by Gasteiger charge is -2.36. The van der Waals surface area contributed by atoms with E-state index in [1.54, 1.807) is 26.0 Å². The molecule has 1 saturated heterocycles. The molecule has 188 valence electrons. The molecule has 0 unspecified atom stereocenters. The van der Waals surface area contributed by atoms with Crippen molar-refractivity contribution in [1.29, 1.82) is 0 Å². The van der Waals surface area contributed by atoms with Gasteiger partial charge >= 0.3 is 0 Å². The summed E-state index contributed by atoms with van der Waals surface area (Å²) in [4.78, 5) is 32.2. The topological polar surface area (TPSA) is 71.5 Å². The number of rotatable bonds is 8. The normalized spacial score (nSPS) is 17.1. The van der Waals surface area contributed by atoms with E-state index in [-0.39, 0.29) is 17.7 Å². The fourth-order valence-corrected chi connectivity index (χ4v) is 5.84. The molecule has 2 amide bonds. The number of hydrogen-bond acceptors (Lipinski definition) is 5. The van der Waals surface area contributed by atoms with Gasteiger partial charge in [-0.25, -0.2) is 4.98 Å². The fourth-order valence-electron chi connectivity index (χ4n) is 4.69. The summed E-state index contributed by atoms with van der Waals surface area (Å²) in [5.74, 6) is 0.607. The minimum absolute atomic E-state index is 0.0526. The highest BCUT2D eigenvalue weighted by atomic mass is 35.5. The third kappa shape index (κ3) is 6.64. The van der Waals surface area contributed by atoms with Gasteiger partial charge < -0.3 is 15.0 Å². The Morgan fingerprint density at radius 1 is 1.23 bits per heavy atom. The quantitative estimate of drug-likeness (QED) is 0.439. The molecule has 0 bridgehead atoms. The summed E-state index contributed by atoms with van der Waals surface area (Å²) in [6.45, 7) is 5.48. The SMILES string of the molecule is CC(C)(Oc1ccccc1Cl)C(=O)N1CCC(c2nc(C(=O)NCCC3=CCCCC3)cs2)CC1. The lowest BCUT2D eigenvalue weighted by atomic mass is 9.96. The van der Waals surface area contributed by atoms with Crippen molar-refractivity contribution < 1.29 is 14.3 Å². The van der Waals surface area contributed by atoms with Crippen molar-refractivity contribution in [2.45, 2.75) is 70.3 Å². The maximum Gasteiger partial charge on any atom is 0.270 e. The zero-order valence-electron chi connectivity index (χ0n) is 20.5. The van der Waals surface area contributed by atoms with E-state index >= 15 is 0 Å². The van der Waals surface area contributed by atoms with Gasteiger partial charge in [-0.05, 0) is 70.9 Å². The van der Waals surface area contributed by atoms with Gasteiger partial charge in [0, 0.05) is 30.9 Å². The fraction of sp³-hybridized carbons (Fsp3) is 0.519. The standard InChI is InChI=1S/C27H34ClN3O3S/c1-27(2,34-23-11-7-6-10-21(23)28)26(33)31-16-13-20(14-17-31)25-30-22(18-35-25)24(32)29-15-12-19-8-4-3-5-9-19/h6-8,10-11,18,20H,3-5,9,12-17H2,1-2H3,(H,29,32). The van der Waals surface area contributed by atoms with E-state index in [0.29, 0.717) is 36.1 Å². The number of amides is 2. The number of nitrogens with one attached hydrogen (secondary N) is 1. The third-order valence-electron chi connectivity index (χ3n) is 6.72. The zero-order valence-corrected chi connectivity index (χ0v) is 22.1. The first-order valence-corrected chi connectivity index (χ1v) is 13.7. The number of para-hydroxylation sites is 1. The number of allylic oxidation sites excluding steroid dienone is 1. The first-order valence-electron chi connectivity index (χ1n) is 12.5. The molecular weight excluding hydrogens is 482 g/mol. The molecule has 1 aromatic carbocycles. The monoisotopic (exact) mass is 515 g/mol. The summed E-state index contributed by atoms with van der Waals surface area (Å²) in [6, 6.07) is 7.19. The summed E-state index contributed by atoms with van der Waals surface area (Å²) in [5.41, 5.74) is 0.936. The van der Waals surface area contributed by atoms with Gasteiger partial charge in [-0.1, -0.05) is 35.4 Å². The minimum atomic E-state index is -1.02. The van der Waals surface area contributed by atoms with E-state index in [2.05, 4.69) is 16.4 Å². The van der Waals surface area contributed by atoms with E-state index in [9.17, 15) is 9.59 Å². The number of halogens is 1. The highest BCUT2D eigenvalue weighted by molar-refractivity contribution is 7.09. The molecule has 2 aliphatic rings. The summed E-state index contributed by atoms with van der Waals surface area (Å²) < 4.78 is 5.98. The number of likely N-dealkylation sites (tertiary alicyclic amines) is 1. The minimum Gasteiger partial charge on any atom is -0.476 e. The molecule has 1 aliphatic carbocycles. The van der Waals surface area contributed by atoms with Crippen molar-refractivity contribution in [3.8, 4) is 5.75 Å². The van der Waals surface area contributed by atoms with Crippen LogP contribution in [0.1, 0.15) is 80.2 Å². The van der Waals surface area contributed by atoms with Gasteiger partial charge in [0.25, 0.3) is 11.8 Å². The molecule has 0 saturated carbocycles. The molecule has 4 rings (SSSR count). The Hall–Kier alpha value is -2.38. The van der Waals surface area contributed by atoms with Gasteiger partial charge in [-0.15, -0.1) is 11.3 Å². The summed E-state index contributed by atoms with van der Waals surface area (Å²) in [6.07, 6.45) is 9.72. The molecule has 6 nitrogen and oxygen atoms in total. The van der Waals surface area contributed by atoms with Crippen LogP contribution in [0.3, 0.4) is 0 Å². The highest BCUT2D eigenvalue weighted by Crippen LogP contribution is 2.33. The van der Waals surface area contributed by atoms with Crippen LogP contribution >= 0.6 is 22.9 Å². The Labute approximate surface area is 216 Å². The Kier molecular flexibility index (Phi) is 8.50. The van der Waals surface area contributed by atoms with Gasteiger partial charge in [-0.2, -0.15) is 0 Å². The second-order valence-corrected chi connectivity index (χ2v) is 11.1. The van der Waals surface area contributed by atoms with Gasteiger partial charge in [0.15, 0.2) is 5.60 Å². The average molecular weight is 516 g/mol. The summed E-state index contributed by atoms with van der Waals surface area (Å²) >= 11 is 7.75. The first-order chi connectivity index (χ1) is 16.8. The molecule has 0 spiro atoms. The number of carbonyl (C=O) groups is 2. The number of carbonyl (C=O) groups excluding carboxylic acids is 2. The maximum atomic E-state index is 13.2. The van der Waals surface area contributed by atoms with Crippen molar-refractivity contribution in [2.24, 2.45) is 0 Å². The predicted molar refractivity (Wildman–Crippen MR) is 140 cm³/mol. The number of aromatic nitrogens is 1. The lowest BCUT2D eigenvalue weighted by molar-refractivity contribution is -0.146. The molecule has 0 radical (unpaired) electrons. The van der Waals surface area contributed by atoms with E-state index in [1.165, 1.54) is 29.8 Å². The van der Waals surface area contributed by atoms with Gasteiger partial charge in [-0.3, -0.25) is 9.59 Å². The van der Waals surface area contributed by atoms with Crippen LogP contribution in [-0.4, -0.2) is 46.9 Å². The molecule has 2 aromatic rings. The number of ether oxygens (including phenoxy) is 1. The van der Waals surface area contributed by atoms with Crippen LogP contribution in [0.15, 0.2) is 41.3 Å². The Balaban J connectivity index is 1.26.